The summed E-state index contributed by atoms with van der Waals surface area (Å²) in [5, 5.41) is 8.22. The maximum Gasteiger partial charge on any atom is 0.282 e. The number of aromatic nitrogens is 3. The maximum atomic E-state index is 14.3. The zero-order chi connectivity index (χ0) is 30.4. The van der Waals surface area contributed by atoms with E-state index in [0.717, 1.165) is 45.7 Å². The quantitative estimate of drug-likeness (QED) is 0.295. The molecule has 1 amide bonds. The number of likely N-dealkylation sites (tertiary alicyclic amines) is 1. The van der Waals surface area contributed by atoms with Gasteiger partial charge in [0, 0.05) is 50.2 Å². The number of rotatable bonds is 14. The van der Waals surface area contributed by atoms with Crippen molar-refractivity contribution in [3.8, 4) is 11.6 Å². The van der Waals surface area contributed by atoms with Gasteiger partial charge in [-0.25, -0.2) is 9.37 Å². The molecule has 0 bridgehead atoms. The van der Waals surface area contributed by atoms with Crippen molar-refractivity contribution in [1.29, 1.82) is 0 Å². The summed E-state index contributed by atoms with van der Waals surface area (Å²) in [6.45, 7) is 19.4. The monoisotopic (exact) mass is 583 g/mol. The van der Waals surface area contributed by atoms with E-state index in [-0.39, 0.29) is 34.6 Å². The Morgan fingerprint density at radius 1 is 1.14 bits per heavy atom. The van der Waals surface area contributed by atoms with Crippen LogP contribution >= 0.6 is 0 Å². The van der Waals surface area contributed by atoms with Gasteiger partial charge in [-0.3, -0.25) is 9.69 Å². The lowest BCUT2D eigenvalue weighted by molar-refractivity contribution is -0.0344. The van der Waals surface area contributed by atoms with Crippen molar-refractivity contribution in [3.63, 3.8) is 0 Å². The van der Waals surface area contributed by atoms with Gasteiger partial charge in [0.05, 0.1) is 5.56 Å². The lowest BCUT2D eigenvalue weighted by atomic mass is 9.76. The Bertz CT molecular complexity index is 1190. The minimum Gasteiger partial charge on any atom is -0.434 e. The first-order chi connectivity index (χ1) is 20.1. The van der Waals surface area contributed by atoms with Crippen molar-refractivity contribution in [1.82, 2.24) is 29.9 Å². The molecule has 2 fully saturated rings. The van der Waals surface area contributed by atoms with Crippen LogP contribution in [0, 0.1) is 17.2 Å². The molecule has 1 unspecified atom stereocenters. The van der Waals surface area contributed by atoms with Gasteiger partial charge in [-0.1, -0.05) is 20.8 Å². The molecule has 1 aromatic heterocycles. The summed E-state index contributed by atoms with van der Waals surface area (Å²) in [4.78, 5) is 26.9. The third kappa shape index (κ3) is 7.37. The molecule has 0 aliphatic carbocycles. The molecule has 1 atom stereocenters. The third-order valence-electron chi connectivity index (χ3n) is 8.87. The highest BCUT2D eigenvalue weighted by Crippen LogP contribution is 2.44. The zero-order valence-corrected chi connectivity index (χ0v) is 26.6. The van der Waals surface area contributed by atoms with Gasteiger partial charge in [0.1, 0.15) is 17.9 Å². The average Bonchev–Trinajstić information content (AvgIpc) is 3.37. The van der Waals surface area contributed by atoms with E-state index < -0.39 is 5.82 Å². The summed E-state index contributed by atoms with van der Waals surface area (Å²) in [7, 11) is 2.22. The van der Waals surface area contributed by atoms with Crippen molar-refractivity contribution in [3.05, 3.63) is 35.9 Å². The smallest absolute Gasteiger partial charge is 0.282 e. The molecule has 0 radical (unpaired) electrons. The van der Waals surface area contributed by atoms with Crippen LogP contribution in [-0.4, -0.2) is 101 Å². The summed E-state index contributed by atoms with van der Waals surface area (Å²) in [6.07, 6.45) is 6.16. The number of ether oxygens (including phenoxy) is 1. The van der Waals surface area contributed by atoms with Crippen molar-refractivity contribution >= 4 is 11.7 Å². The average molecular weight is 584 g/mol. The van der Waals surface area contributed by atoms with Gasteiger partial charge in [-0.2, -0.15) is 0 Å². The molecule has 1 spiro atoms. The highest BCUT2D eigenvalue weighted by molar-refractivity contribution is 5.97. The van der Waals surface area contributed by atoms with Crippen LogP contribution in [0.3, 0.4) is 0 Å². The van der Waals surface area contributed by atoms with Crippen molar-refractivity contribution in [2.45, 2.75) is 79.3 Å². The van der Waals surface area contributed by atoms with E-state index in [0.29, 0.717) is 24.3 Å². The minimum atomic E-state index is -0.494. The number of carbonyl (C=O) groups is 1. The van der Waals surface area contributed by atoms with Crippen LogP contribution < -0.4 is 9.64 Å². The fraction of sp³-hybridized carbons (Fsp3) is 0.688. The Morgan fingerprint density at radius 3 is 2.57 bits per heavy atom. The molecule has 2 saturated heterocycles. The predicted molar refractivity (Wildman–Crippen MR) is 165 cm³/mol. The van der Waals surface area contributed by atoms with Crippen LogP contribution in [0.25, 0.3) is 0 Å². The fourth-order valence-electron chi connectivity index (χ4n) is 6.73. The van der Waals surface area contributed by atoms with Gasteiger partial charge in [-0.05, 0) is 90.7 Å². The number of anilines is 1. The molecule has 9 nitrogen and oxygen atoms in total. The predicted octanol–water partition coefficient (Wildman–Crippen LogP) is 5.33. The van der Waals surface area contributed by atoms with Crippen LogP contribution in [0.4, 0.5) is 10.2 Å². The number of nitrogens with zero attached hydrogens (tertiary/aromatic N) is 7. The fourth-order valence-corrected chi connectivity index (χ4v) is 6.73. The van der Waals surface area contributed by atoms with Crippen LogP contribution in [0.1, 0.15) is 77.6 Å². The van der Waals surface area contributed by atoms with Crippen molar-refractivity contribution in [2.75, 3.05) is 57.8 Å². The van der Waals surface area contributed by atoms with Gasteiger partial charge in [0.2, 0.25) is 0 Å². The molecule has 1 aromatic carbocycles. The first-order valence-corrected chi connectivity index (χ1v) is 15.7. The first kappa shape index (κ1) is 32.1. The van der Waals surface area contributed by atoms with E-state index in [9.17, 15) is 9.18 Å². The van der Waals surface area contributed by atoms with Gasteiger partial charge in [0.15, 0.2) is 5.82 Å². The first-order valence-electron chi connectivity index (χ1n) is 15.7. The summed E-state index contributed by atoms with van der Waals surface area (Å²) < 4.78 is 20.5. The number of carbonyl (C=O) groups excluding carboxylic acids is 1. The molecule has 3 heterocycles. The van der Waals surface area contributed by atoms with Crippen LogP contribution in [-0.2, 0) is 0 Å². The maximum absolute atomic E-state index is 14.3. The van der Waals surface area contributed by atoms with Crippen molar-refractivity contribution < 1.29 is 13.9 Å². The topological polar surface area (TPSA) is 77.9 Å². The van der Waals surface area contributed by atoms with E-state index in [1.54, 1.807) is 4.90 Å². The number of benzene rings is 1. The SMILES string of the molecule is CCCN(C)CCCC(C(C)C)N1CC2(CCN(c3ncnnc3Oc3ccc(F)cc3C(=O)N(CC)C(C)C)C2)C1. The Labute approximate surface area is 251 Å². The normalized spacial score (nSPS) is 17.4. The molecule has 232 valence electrons. The van der Waals surface area contributed by atoms with E-state index >= 15 is 0 Å². The molecular formula is C32H50FN7O2. The second-order valence-electron chi connectivity index (χ2n) is 12.8. The zero-order valence-electron chi connectivity index (χ0n) is 26.6. The molecule has 2 aliphatic rings. The van der Waals surface area contributed by atoms with Crippen LogP contribution in [0.5, 0.6) is 11.6 Å². The van der Waals surface area contributed by atoms with E-state index in [4.69, 9.17) is 4.74 Å². The van der Waals surface area contributed by atoms with Crippen LogP contribution in [0.2, 0.25) is 0 Å². The molecular weight excluding hydrogens is 533 g/mol. The molecule has 42 heavy (non-hydrogen) atoms. The van der Waals surface area contributed by atoms with Gasteiger partial charge < -0.3 is 19.4 Å². The van der Waals surface area contributed by atoms with Crippen LogP contribution in [0.15, 0.2) is 24.5 Å². The Hall–Kier alpha value is -2.85. The second-order valence-corrected chi connectivity index (χ2v) is 12.8. The Kier molecular flexibility index (Phi) is 10.8. The molecule has 2 aliphatic heterocycles. The summed E-state index contributed by atoms with van der Waals surface area (Å²) in [5.41, 5.74) is 0.389. The lowest BCUT2D eigenvalue weighted by Gasteiger charge is -2.53. The standard InChI is InChI=1S/C32H50FN7O2/c1-8-15-37(7)16-10-11-27(23(3)4)39-20-32(21-39)14-17-38(19-32)29-30(36-35-22-34-29)42-28-13-12-25(33)18-26(28)31(41)40(9-2)24(5)6/h12-13,18,22-24,27H,8-11,14-17,19-21H2,1-7H3. The minimum absolute atomic E-state index is 0.0344. The van der Waals surface area contributed by atoms with E-state index in [1.807, 2.05) is 20.8 Å². The largest absolute Gasteiger partial charge is 0.434 e. The van der Waals surface area contributed by atoms with Gasteiger partial charge in [-0.15, -0.1) is 10.2 Å². The summed E-state index contributed by atoms with van der Waals surface area (Å²) >= 11 is 0. The van der Waals surface area contributed by atoms with E-state index in [2.05, 4.69) is 57.7 Å². The highest BCUT2D eigenvalue weighted by atomic mass is 19.1. The molecule has 4 rings (SSSR count). The molecule has 2 aromatic rings. The molecule has 10 heteroatoms. The number of hydrogen-bond donors (Lipinski definition) is 0. The third-order valence-corrected chi connectivity index (χ3v) is 8.87. The van der Waals surface area contributed by atoms with Gasteiger partial charge >= 0.3 is 0 Å². The van der Waals surface area contributed by atoms with Gasteiger partial charge in [0.25, 0.3) is 11.8 Å². The molecule has 0 saturated carbocycles. The lowest BCUT2D eigenvalue weighted by Crippen LogP contribution is -2.62. The number of amides is 1. The Morgan fingerprint density at radius 2 is 1.90 bits per heavy atom. The van der Waals surface area contributed by atoms with E-state index in [1.165, 1.54) is 43.8 Å². The van der Waals surface area contributed by atoms with Crippen molar-refractivity contribution in [2.24, 2.45) is 11.3 Å². The summed E-state index contributed by atoms with van der Waals surface area (Å²) in [6, 6.07) is 4.57. The molecule has 0 N–H and O–H groups in total. The number of halogens is 1. The Balaban J connectivity index is 1.44. The number of hydrogen-bond acceptors (Lipinski definition) is 8. The second kappa shape index (κ2) is 14.1. The highest BCUT2D eigenvalue weighted by Gasteiger charge is 2.50. The summed E-state index contributed by atoms with van der Waals surface area (Å²) in [5.74, 6) is 0.929.